The smallest absolute Gasteiger partial charge is 0.177 e. The van der Waals surface area contributed by atoms with Gasteiger partial charge >= 0.3 is 0 Å². The Balaban J connectivity index is 2.27. The van der Waals surface area contributed by atoms with E-state index in [9.17, 15) is 9.90 Å². The lowest BCUT2D eigenvalue weighted by atomic mass is 10.0. The van der Waals surface area contributed by atoms with Crippen molar-refractivity contribution in [3.63, 3.8) is 0 Å². The number of aryl methyl sites for hydroxylation is 1. The lowest BCUT2D eigenvalue weighted by Gasteiger charge is -2.05. The van der Waals surface area contributed by atoms with Crippen molar-refractivity contribution in [3.05, 3.63) is 41.5 Å². The van der Waals surface area contributed by atoms with Gasteiger partial charge < -0.3 is 19.0 Å². The quantitative estimate of drug-likeness (QED) is 0.665. The van der Waals surface area contributed by atoms with Gasteiger partial charge in [-0.25, -0.2) is 0 Å². The van der Waals surface area contributed by atoms with E-state index in [0.717, 1.165) is 30.1 Å². The van der Waals surface area contributed by atoms with Crippen LogP contribution in [-0.2, 0) is 6.42 Å². The predicted molar refractivity (Wildman–Crippen MR) is 95.8 cm³/mol. The molecule has 3 rings (SSSR count). The summed E-state index contributed by atoms with van der Waals surface area (Å²) in [5, 5.41) is 10.5. The molecule has 5 nitrogen and oxygen atoms in total. The largest absolute Gasteiger partial charge is 0.504 e. The van der Waals surface area contributed by atoms with Crippen molar-refractivity contribution >= 4 is 17.3 Å². The summed E-state index contributed by atoms with van der Waals surface area (Å²) in [6, 6.07) is 8.73. The number of methoxy groups -OCH3 is 2. The Hall–Kier alpha value is -2.95. The molecule has 0 bridgehead atoms. The van der Waals surface area contributed by atoms with Crippen molar-refractivity contribution in [2.75, 3.05) is 14.2 Å². The van der Waals surface area contributed by atoms with Crippen LogP contribution in [0.25, 0.3) is 22.3 Å². The van der Waals surface area contributed by atoms with Crippen LogP contribution in [0.1, 0.15) is 29.3 Å². The molecule has 0 radical (unpaired) electrons. The van der Waals surface area contributed by atoms with Crippen molar-refractivity contribution in [2.24, 2.45) is 0 Å². The Morgan fingerprint density at radius 3 is 2.52 bits per heavy atom. The van der Waals surface area contributed by atoms with Crippen molar-refractivity contribution in [2.45, 2.75) is 19.8 Å². The molecule has 0 spiro atoms. The Bertz CT molecular complexity index is 923. The van der Waals surface area contributed by atoms with E-state index in [1.54, 1.807) is 19.2 Å². The van der Waals surface area contributed by atoms with E-state index in [1.807, 2.05) is 12.1 Å². The van der Waals surface area contributed by atoms with Gasteiger partial charge in [0.15, 0.2) is 29.1 Å². The summed E-state index contributed by atoms with van der Waals surface area (Å²) < 4.78 is 16.6. The van der Waals surface area contributed by atoms with E-state index < -0.39 is 0 Å². The number of furan rings is 1. The number of aldehydes is 1. The summed E-state index contributed by atoms with van der Waals surface area (Å²) in [6.45, 7) is 2.10. The molecule has 0 aliphatic carbocycles. The number of hydrogen-bond donors (Lipinski definition) is 1. The fraction of sp³-hybridized carbons (Fsp3) is 0.250. The maximum atomic E-state index is 11.8. The molecular weight excluding hydrogens is 320 g/mol. The van der Waals surface area contributed by atoms with Crippen LogP contribution >= 0.6 is 0 Å². The standard InChI is InChI=1S/C20H20O5/c1-4-5-12-8-14-15(11-21)19(25-20(14)18(9-12)24-3)13-6-7-16(22)17(10-13)23-2/h6-11,22H,4-5H2,1-3H3. The van der Waals surface area contributed by atoms with Crippen molar-refractivity contribution in [1.29, 1.82) is 0 Å². The van der Waals surface area contributed by atoms with Gasteiger partial charge in [0.2, 0.25) is 0 Å². The minimum atomic E-state index is 0.0258. The third-order valence-electron chi connectivity index (χ3n) is 4.17. The molecule has 3 aromatic rings. The minimum absolute atomic E-state index is 0.0258. The second-order valence-electron chi connectivity index (χ2n) is 5.77. The van der Waals surface area contributed by atoms with Crippen LogP contribution in [0.2, 0.25) is 0 Å². The van der Waals surface area contributed by atoms with E-state index >= 15 is 0 Å². The molecule has 0 unspecified atom stereocenters. The summed E-state index contributed by atoms with van der Waals surface area (Å²) in [5.74, 6) is 1.36. The van der Waals surface area contributed by atoms with Crippen molar-refractivity contribution < 1.29 is 23.8 Å². The number of hydrogen-bond acceptors (Lipinski definition) is 5. The molecule has 0 saturated carbocycles. The predicted octanol–water partition coefficient (Wildman–Crippen LogP) is 4.59. The van der Waals surface area contributed by atoms with Crippen LogP contribution in [0.3, 0.4) is 0 Å². The number of benzene rings is 2. The number of aromatic hydroxyl groups is 1. The summed E-state index contributed by atoms with van der Waals surface area (Å²) in [5.41, 5.74) is 2.73. The molecular formula is C20H20O5. The van der Waals surface area contributed by atoms with Crippen LogP contribution in [0.15, 0.2) is 34.7 Å². The molecule has 1 aromatic heterocycles. The highest BCUT2D eigenvalue weighted by atomic mass is 16.5. The number of ether oxygens (including phenoxy) is 2. The molecule has 0 atom stereocenters. The lowest BCUT2D eigenvalue weighted by Crippen LogP contribution is -1.89. The number of carbonyl (C=O) groups is 1. The molecule has 0 aliphatic rings. The molecule has 0 aliphatic heterocycles. The van der Waals surface area contributed by atoms with Gasteiger partial charge in [-0.05, 0) is 42.3 Å². The second-order valence-corrected chi connectivity index (χ2v) is 5.77. The zero-order chi connectivity index (χ0) is 18.0. The average Bonchev–Trinajstić information content (AvgIpc) is 3.00. The number of rotatable bonds is 6. The number of carbonyl (C=O) groups excluding carboxylic acids is 1. The molecule has 25 heavy (non-hydrogen) atoms. The average molecular weight is 340 g/mol. The first-order valence-corrected chi connectivity index (χ1v) is 8.08. The van der Waals surface area contributed by atoms with Crippen LogP contribution in [0.5, 0.6) is 17.2 Å². The Kier molecular flexibility index (Phi) is 4.65. The summed E-state index contributed by atoms with van der Waals surface area (Å²) in [6.07, 6.45) is 2.67. The SMILES string of the molecule is CCCc1cc(OC)c2oc(-c3ccc(O)c(OC)c3)c(C=O)c2c1. The Morgan fingerprint density at radius 1 is 1.12 bits per heavy atom. The van der Waals surface area contributed by atoms with Crippen molar-refractivity contribution in [1.82, 2.24) is 0 Å². The molecule has 2 aromatic carbocycles. The third-order valence-corrected chi connectivity index (χ3v) is 4.17. The van der Waals surface area contributed by atoms with Gasteiger partial charge in [0.05, 0.1) is 19.8 Å². The number of phenolic OH excluding ortho intramolecular Hbond substituents is 1. The van der Waals surface area contributed by atoms with E-state index in [0.29, 0.717) is 34.0 Å². The molecule has 0 amide bonds. The highest BCUT2D eigenvalue weighted by Gasteiger charge is 2.20. The van der Waals surface area contributed by atoms with Crippen molar-refractivity contribution in [3.8, 4) is 28.6 Å². The first-order valence-electron chi connectivity index (χ1n) is 8.08. The zero-order valence-corrected chi connectivity index (χ0v) is 14.5. The van der Waals surface area contributed by atoms with Crippen LogP contribution in [0.4, 0.5) is 0 Å². The van der Waals surface area contributed by atoms with Gasteiger partial charge in [0.25, 0.3) is 0 Å². The highest BCUT2D eigenvalue weighted by molar-refractivity contribution is 6.04. The molecule has 1 N–H and O–H groups in total. The summed E-state index contributed by atoms with van der Waals surface area (Å²) in [7, 11) is 3.05. The first-order chi connectivity index (χ1) is 12.1. The fourth-order valence-corrected chi connectivity index (χ4v) is 2.98. The van der Waals surface area contributed by atoms with Gasteiger partial charge in [0.1, 0.15) is 5.76 Å². The minimum Gasteiger partial charge on any atom is -0.504 e. The summed E-state index contributed by atoms with van der Waals surface area (Å²) in [4.78, 5) is 11.8. The monoisotopic (exact) mass is 340 g/mol. The van der Waals surface area contributed by atoms with Gasteiger partial charge in [-0.1, -0.05) is 13.3 Å². The third kappa shape index (κ3) is 2.93. The molecule has 1 heterocycles. The fourth-order valence-electron chi connectivity index (χ4n) is 2.98. The topological polar surface area (TPSA) is 68.9 Å². The van der Waals surface area contributed by atoms with Gasteiger partial charge in [-0.15, -0.1) is 0 Å². The molecule has 130 valence electrons. The number of fused-ring (bicyclic) bond motifs is 1. The van der Waals surface area contributed by atoms with Gasteiger partial charge in [0, 0.05) is 10.9 Å². The Morgan fingerprint density at radius 2 is 1.88 bits per heavy atom. The van der Waals surface area contributed by atoms with Crippen LogP contribution in [0, 0.1) is 0 Å². The zero-order valence-electron chi connectivity index (χ0n) is 14.5. The van der Waals surface area contributed by atoms with Gasteiger partial charge in [-0.3, -0.25) is 4.79 Å². The van der Waals surface area contributed by atoms with E-state index in [4.69, 9.17) is 13.9 Å². The Labute approximate surface area is 145 Å². The lowest BCUT2D eigenvalue weighted by molar-refractivity contribution is 0.112. The summed E-state index contributed by atoms with van der Waals surface area (Å²) >= 11 is 0. The van der Waals surface area contributed by atoms with E-state index in [1.165, 1.54) is 13.2 Å². The second kappa shape index (κ2) is 6.89. The molecule has 0 saturated heterocycles. The highest BCUT2D eigenvalue weighted by Crippen LogP contribution is 2.40. The molecule has 5 heteroatoms. The van der Waals surface area contributed by atoms with Crippen LogP contribution in [-0.4, -0.2) is 25.6 Å². The normalized spacial score (nSPS) is 10.8. The number of phenols is 1. The van der Waals surface area contributed by atoms with Crippen LogP contribution < -0.4 is 9.47 Å². The first kappa shape index (κ1) is 16.9. The van der Waals surface area contributed by atoms with E-state index in [-0.39, 0.29) is 5.75 Å². The molecule has 0 fully saturated rings. The maximum Gasteiger partial charge on any atom is 0.177 e. The van der Waals surface area contributed by atoms with E-state index in [2.05, 4.69) is 6.92 Å². The van der Waals surface area contributed by atoms with Gasteiger partial charge in [-0.2, -0.15) is 0 Å². The maximum absolute atomic E-state index is 11.8.